The van der Waals surface area contributed by atoms with Crippen LogP contribution in [0.1, 0.15) is 23.6 Å². The van der Waals surface area contributed by atoms with E-state index in [9.17, 15) is 0 Å². The highest BCUT2D eigenvalue weighted by atomic mass is 16.5. The fraction of sp³-hybridized carbons (Fsp3) is 0.353. The molecule has 2 heterocycles. The fourth-order valence-electron chi connectivity index (χ4n) is 2.81. The molecule has 3 heteroatoms. The lowest BCUT2D eigenvalue weighted by Gasteiger charge is -2.27. The van der Waals surface area contributed by atoms with Gasteiger partial charge in [-0.2, -0.15) is 0 Å². The van der Waals surface area contributed by atoms with Crippen LogP contribution >= 0.6 is 0 Å². The van der Waals surface area contributed by atoms with Gasteiger partial charge in [-0.25, -0.2) is 0 Å². The van der Waals surface area contributed by atoms with Crippen molar-refractivity contribution in [3.63, 3.8) is 0 Å². The summed E-state index contributed by atoms with van der Waals surface area (Å²) >= 11 is 0. The predicted octanol–water partition coefficient (Wildman–Crippen LogP) is 3.14. The molecule has 3 nitrogen and oxygen atoms in total. The van der Waals surface area contributed by atoms with E-state index in [-0.39, 0.29) is 0 Å². The lowest BCUT2D eigenvalue weighted by atomic mass is 9.90. The van der Waals surface area contributed by atoms with Gasteiger partial charge in [-0.3, -0.25) is 4.98 Å². The van der Waals surface area contributed by atoms with Gasteiger partial charge in [0, 0.05) is 35.5 Å². The number of pyridine rings is 1. The molecule has 0 aliphatic carbocycles. The molecule has 0 spiro atoms. The normalized spacial score (nSPS) is 17.4. The molecule has 3 rings (SSSR count). The van der Waals surface area contributed by atoms with Gasteiger partial charge in [-0.1, -0.05) is 24.3 Å². The number of nitrogens with zero attached hydrogens (tertiary/aromatic N) is 1. The molecule has 0 amide bonds. The highest BCUT2D eigenvalue weighted by Crippen LogP contribution is 2.40. The molecular formula is C17H20N2O. The van der Waals surface area contributed by atoms with Crippen LogP contribution in [0, 0.1) is 6.92 Å². The number of likely N-dealkylation sites (N-methyl/N-ethyl adjacent to an activating group) is 1. The number of aromatic nitrogens is 1. The van der Waals surface area contributed by atoms with Gasteiger partial charge in [-0.15, -0.1) is 0 Å². The van der Waals surface area contributed by atoms with Crippen LogP contribution in [0.3, 0.4) is 0 Å². The summed E-state index contributed by atoms with van der Waals surface area (Å²) in [7, 11) is 2.00. The summed E-state index contributed by atoms with van der Waals surface area (Å²) in [6, 6.07) is 10.6. The Labute approximate surface area is 120 Å². The third-order valence-corrected chi connectivity index (χ3v) is 3.87. The molecule has 1 aromatic carbocycles. The Bertz CT molecular complexity index is 592. The minimum Gasteiger partial charge on any atom is -0.493 e. The molecule has 0 saturated heterocycles. The maximum absolute atomic E-state index is 5.96. The maximum Gasteiger partial charge on any atom is 0.130 e. The van der Waals surface area contributed by atoms with Crippen LogP contribution in [0.15, 0.2) is 36.5 Å². The first-order chi connectivity index (χ1) is 9.79. The Morgan fingerprint density at radius 2 is 2.20 bits per heavy atom. The Morgan fingerprint density at radius 1 is 1.30 bits per heavy atom. The highest BCUT2D eigenvalue weighted by molar-refractivity contribution is 5.72. The van der Waals surface area contributed by atoms with Gasteiger partial charge >= 0.3 is 0 Å². The van der Waals surface area contributed by atoms with Crippen molar-refractivity contribution in [2.24, 2.45) is 0 Å². The van der Waals surface area contributed by atoms with Crippen molar-refractivity contribution in [2.45, 2.75) is 19.3 Å². The van der Waals surface area contributed by atoms with Crippen molar-refractivity contribution in [1.29, 1.82) is 0 Å². The van der Waals surface area contributed by atoms with Gasteiger partial charge in [0.15, 0.2) is 0 Å². The van der Waals surface area contributed by atoms with Gasteiger partial charge in [0.1, 0.15) is 5.75 Å². The molecule has 0 radical (unpaired) electrons. The van der Waals surface area contributed by atoms with Crippen LogP contribution in [-0.4, -0.2) is 25.2 Å². The predicted molar refractivity (Wildman–Crippen MR) is 81.2 cm³/mol. The molecule has 1 atom stereocenters. The van der Waals surface area contributed by atoms with E-state index >= 15 is 0 Å². The van der Waals surface area contributed by atoms with Crippen LogP contribution in [0.5, 0.6) is 5.75 Å². The highest BCUT2D eigenvalue weighted by Gasteiger charge is 2.23. The summed E-state index contributed by atoms with van der Waals surface area (Å²) in [5, 5.41) is 3.28. The maximum atomic E-state index is 5.96. The zero-order chi connectivity index (χ0) is 13.9. The topological polar surface area (TPSA) is 34.1 Å². The van der Waals surface area contributed by atoms with E-state index in [1.807, 2.05) is 26.2 Å². The lowest BCUT2D eigenvalue weighted by Crippen LogP contribution is -2.23. The van der Waals surface area contributed by atoms with Gasteiger partial charge in [0.2, 0.25) is 0 Å². The summed E-state index contributed by atoms with van der Waals surface area (Å²) in [4.78, 5) is 4.39. The number of rotatable bonds is 3. The number of fused-ring (bicyclic) bond motifs is 1. The number of hydrogen-bond donors (Lipinski definition) is 1. The number of aryl methyl sites for hydroxylation is 1. The first-order valence-electron chi connectivity index (χ1n) is 7.13. The fourth-order valence-corrected chi connectivity index (χ4v) is 2.81. The number of benzene rings is 1. The first-order valence-corrected chi connectivity index (χ1v) is 7.13. The van der Waals surface area contributed by atoms with Crippen molar-refractivity contribution < 1.29 is 4.74 Å². The van der Waals surface area contributed by atoms with E-state index in [0.717, 1.165) is 42.1 Å². The first kappa shape index (κ1) is 13.1. The van der Waals surface area contributed by atoms with E-state index in [2.05, 4.69) is 34.6 Å². The second kappa shape index (κ2) is 5.63. The smallest absolute Gasteiger partial charge is 0.130 e. The molecule has 104 valence electrons. The van der Waals surface area contributed by atoms with Crippen LogP contribution in [0.25, 0.3) is 11.1 Å². The largest absolute Gasteiger partial charge is 0.493 e. The van der Waals surface area contributed by atoms with E-state index in [4.69, 9.17) is 4.74 Å². The number of nitrogens with one attached hydrogen (secondary N) is 1. The van der Waals surface area contributed by atoms with E-state index < -0.39 is 0 Å². The summed E-state index contributed by atoms with van der Waals surface area (Å²) < 4.78 is 5.96. The zero-order valence-corrected chi connectivity index (χ0v) is 12.0. The summed E-state index contributed by atoms with van der Waals surface area (Å²) in [5.74, 6) is 1.56. The molecule has 0 saturated carbocycles. The zero-order valence-electron chi connectivity index (χ0n) is 12.0. The Morgan fingerprint density at radius 3 is 2.95 bits per heavy atom. The summed E-state index contributed by atoms with van der Waals surface area (Å²) in [6.45, 7) is 3.78. The number of ether oxygens (including phenoxy) is 1. The van der Waals surface area contributed by atoms with Crippen LogP contribution in [0.2, 0.25) is 0 Å². The molecular weight excluding hydrogens is 248 g/mol. The Balaban J connectivity index is 2.05. The van der Waals surface area contributed by atoms with Crippen molar-refractivity contribution >= 4 is 0 Å². The van der Waals surface area contributed by atoms with Crippen LogP contribution in [0.4, 0.5) is 0 Å². The lowest BCUT2D eigenvalue weighted by molar-refractivity contribution is 0.267. The quantitative estimate of drug-likeness (QED) is 0.928. The average molecular weight is 268 g/mol. The van der Waals surface area contributed by atoms with Crippen molar-refractivity contribution in [2.75, 3.05) is 20.2 Å². The molecule has 0 bridgehead atoms. The standard InChI is InChI=1S/C17H20N2O/c1-12-6-7-13(11-19-12)15-4-3-5-16-14(10-18-2)8-9-20-17(15)16/h3-7,11,14,18H,8-10H2,1-2H3/t14-/m0/s1. The Kier molecular flexibility index (Phi) is 3.70. The molecule has 20 heavy (non-hydrogen) atoms. The van der Waals surface area contributed by atoms with Gasteiger partial charge in [0.25, 0.3) is 0 Å². The number of hydrogen-bond acceptors (Lipinski definition) is 3. The Hall–Kier alpha value is -1.87. The third-order valence-electron chi connectivity index (χ3n) is 3.87. The second-order valence-electron chi connectivity index (χ2n) is 5.30. The second-order valence-corrected chi connectivity index (χ2v) is 5.30. The van der Waals surface area contributed by atoms with Crippen molar-refractivity contribution in [1.82, 2.24) is 10.3 Å². The molecule has 0 unspecified atom stereocenters. The summed E-state index contributed by atoms with van der Waals surface area (Å²) in [6.07, 6.45) is 3.00. The molecule has 2 aromatic rings. The van der Waals surface area contributed by atoms with Gasteiger partial charge < -0.3 is 10.1 Å². The van der Waals surface area contributed by atoms with Gasteiger partial charge in [0.05, 0.1) is 6.61 Å². The van der Waals surface area contributed by atoms with Crippen LogP contribution in [-0.2, 0) is 0 Å². The van der Waals surface area contributed by atoms with E-state index in [1.165, 1.54) is 5.56 Å². The minimum absolute atomic E-state index is 0.530. The molecule has 1 aliphatic rings. The minimum atomic E-state index is 0.530. The third kappa shape index (κ3) is 2.41. The van der Waals surface area contributed by atoms with Crippen molar-refractivity contribution in [3.8, 4) is 16.9 Å². The average Bonchev–Trinajstić information content (AvgIpc) is 2.48. The monoisotopic (exact) mass is 268 g/mol. The molecule has 1 N–H and O–H groups in total. The number of para-hydroxylation sites is 1. The molecule has 1 aliphatic heterocycles. The SMILES string of the molecule is CNC[C@@H]1CCOc2c(-c3ccc(C)nc3)cccc21. The van der Waals surface area contributed by atoms with E-state index in [0.29, 0.717) is 5.92 Å². The van der Waals surface area contributed by atoms with E-state index in [1.54, 1.807) is 0 Å². The van der Waals surface area contributed by atoms with Gasteiger partial charge in [-0.05, 0) is 32.0 Å². The molecule has 0 fully saturated rings. The molecule has 1 aromatic heterocycles. The summed E-state index contributed by atoms with van der Waals surface area (Å²) in [5.41, 5.74) is 4.62. The van der Waals surface area contributed by atoms with Crippen molar-refractivity contribution in [3.05, 3.63) is 47.8 Å². The van der Waals surface area contributed by atoms with Crippen LogP contribution < -0.4 is 10.1 Å².